The summed E-state index contributed by atoms with van der Waals surface area (Å²) in [4.78, 5) is 23.1. The van der Waals surface area contributed by atoms with Gasteiger partial charge < -0.3 is 20.0 Å². The number of nitrogens with one attached hydrogen (secondary N) is 1. The number of carbonyl (C=O) groups is 2. The molecule has 25 heavy (non-hydrogen) atoms. The predicted octanol–water partition coefficient (Wildman–Crippen LogP) is -0.350. The van der Waals surface area contributed by atoms with Gasteiger partial charge in [0.2, 0.25) is 5.91 Å². The summed E-state index contributed by atoms with van der Waals surface area (Å²) in [6.45, 7) is 1.86. The van der Waals surface area contributed by atoms with Crippen molar-refractivity contribution in [1.82, 2.24) is 0 Å². The van der Waals surface area contributed by atoms with E-state index in [0.717, 1.165) is 11.3 Å². The molecule has 5 nitrogen and oxygen atoms in total. The van der Waals surface area contributed by atoms with Crippen molar-refractivity contribution in [2.45, 2.75) is 26.2 Å². The van der Waals surface area contributed by atoms with Crippen LogP contribution in [-0.4, -0.2) is 11.9 Å². The topological polar surface area (TPSA) is 78.5 Å². The Labute approximate surface area is 168 Å². The van der Waals surface area contributed by atoms with Gasteiger partial charge in [0.1, 0.15) is 11.5 Å². The van der Waals surface area contributed by atoms with Crippen LogP contribution < -0.4 is 44.7 Å². The smallest absolute Gasteiger partial charge is 0.550 e. The van der Waals surface area contributed by atoms with Gasteiger partial charge in [-0.25, -0.2) is 0 Å². The Morgan fingerprint density at radius 3 is 2.36 bits per heavy atom. The average Bonchev–Trinajstić information content (AvgIpc) is 3.32. The van der Waals surface area contributed by atoms with E-state index in [0.29, 0.717) is 24.3 Å². The molecule has 0 unspecified atom stereocenters. The molecule has 0 aromatic heterocycles. The largest absolute Gasteiger partial charge is 1.00 e. The SMILES string of the molecule is Cc1cc(Oc2ccccc2)ccc1NC(=O)CC1(C(=O)[O-])CC1.[Na+]. The Hall–Kier alpha value is -1.82. The first-order chi connectivity index (χ1) is 11.5. The van der Waals surface area contributed by atoms with E-state index in [1.165, 1.54) is 0 Å². The Kier molecular flexibility index (Phi) is 6.27. The van der Waals surface area contributed by atoms with Crippen LogP contribution in [0, 0.1) is 12.3 Å². The first kappa shape index (κ1) is 19.5. The molecule has 0 saturated heterocycles. The van der Waals surface area contributed by atoms with Crippen LogP contribution in [0.5, 0.6) is 11.5 Å². The maximum absolute atomic E-state index is 12.1. The molecule has 3 rings (SSSR count). The van der Waals surface area contributed by atoms with E-state index in [1.807, 2.05) is 43.3 Å². The molecule has 0 radical (unpaired) electrons. The van der Waals surface area contributed by atoms with E-state index in [1.54, 1.807) is 12.1 Å². The van der Waals surface area contributed by atoms with Crippen molar-refractivity contribution in [3.63, 3.8) is 0 Å². The van der Waals surface area contributed by atoms with E-state index in [-0.39, 0.29) is 41.9 Å². The van der Waals surface area contributed by atoms with Gasteiger partial charge in [-0.15, -0.1) is 0 Å². The van der Waals surface area contributed by atoms with Crippen LogP contribution in [-0.2, 0) is 9.59 Å². The summed E-state index contributed by atoms with van der Waals surface area (Å²) < 4.78 is 5.74. The van der Waals surface area contributed by atoms with Gasteiger partial charge in [0.05, 0.1) is 0 Å². The fourth-order valence-corrected chi connectivity index (χ4v) is 2.57. The van der Waals surface area contributed by atoms with Gasteiger partial charge in [-0.2, -0.15) is 0 Å². The van der Waals surface area contributed by atoms with Crippen molar-refractivity contribution < 1.29 is 49.0 Å². The number of hydrogen-bond acceptors (Lipinski definition) is 4. The van der Waals surface area contributed by atoms with Gasteiger partial charge in [-0.3, -0.25) is 4.79 Å². The molecule has 0 spiro atoms. The number of carboxylic acids is 1. The Balaban J connectivity index is 0.00000225. The van der Waals surface area contributed by atoms with Crippen molar-refractivity contribution >= 4 is 17.6 Å². The van der Waals surface area contributed by atoms with Crippen molar-refractivity contribution in [1.29, 1.82) is 0 Å². The maximum atomic E-state index is 12.1. The number of hydrogen-bond donors (Lipinski definition) is 1. The van der Waals surface area contributed by atoms with E-state index >= 15 is 0 Å². The fraction of sp³-hybridized carbons (Fsp3) is 0.263. The van der Waals surface area contributed by atoms with Gasteiger partial charge in [0.15, 0.2) is 0 Å². The number of amides is 1. The molecule has 1 aliphatic carbocycles. The molecule has 1 aliphatic rings. The summed E-state index contributed by atoms with van der Waals surface area (Å²) in [5, 5.41) is 13.8. The molecule has 0 aliphatic heterocycles. The molecule has 1 saturated carbocycles. The van der Waals surface area contributed by atoms with Gasteiger partial charge in [-0.05, 0) is 55.7 Å². The third-order valence-corrected chi connectivity index (χ3v) is 4.24. The van der Waals surface area contributed by atoms with Gasteiger partial charge in [0, 0.05) is 23.5 Å². The van der Waals surface area contributed by atoms with Crippen molar-refractivity contribution in [3.8, 4) is 11.5 Å². The predicted molar refractivity (Wildman–Crippen MR) is 87.6 cm³/mol. The van der Waals surface area contributed by atoms with Gasteiger partial charge in [-0.1, -0.05) is 18.2 Å². The number of ether oxygens (including phenoxy) is 1. The monoisotopic (exact) mass is 347 g/mol. The molecule has 1 N–H and O–H groups in total. The number of aliphatic carboxylic acids is 1. The van der Waals surface area contributed by atoms with Crippen LogP contribution in [0.2, 0.25) is 0 Å². The molecule has 0 heterocycles. The molecule has 2 aromatic carbocycles. The molecule has 1 fully saturated rings. The molecular formula is C19H18NNaO4. The van der Waals surface area contributed by atoms with Crippen molar-refractivity contribution in [2.75, 3.05) is 5.32 Å². The van der Waals surface area contributed by atoms with E-state index in [2.05, 4.69) is 5.32 Å². The third kappa shape index (κ3) is 4.84. The first-order valence-corrected chi connectivity index (χ1v) is 7.83. The van der Waals surface area contributed by atoms with Crippen LogP contribution in [0.25, 0.3) is 0 Å². The minimum Gasteiger partial charge on any atom is -0.550 e. The van der Waals surface area contributed by atoms with Gasteiger partial charge in [0.25, 0.3) is 0 Å². The van der Waals surface area contributed by atoms with Crippen LogP contribution in [0.1, 0.15) is 24.8 Å². The maximum Gasteiger partial charge on any atom is 1.00 e. The van der Waals surface area contributed by atoms with E-state index in [9.17, 15) is 14.7 Å². The number of aryl methyl sites for hydroxylation is 1. The first-order valence-electron chi connectivity index (χ1n) is 7.83. The zero-order valence-corrected chi connectivity index (χ0v) is 16.4. The molecule has 124 valence electrons. The fourth-order valence-electron chi connectivity index (χ4n) is 2.57. The minimum absolute atomic E-state index is 0. The summed E-state index contributed by atoms with van der Waals surface area (Å²) in [7, 11) is 0. The summed E-state index contributed by atoms with van der Waals surface area (Å²) in [5.41, 5.74) is 0.526. The second-order valence-corrected chi connectivity index (χ2v) is 6.18. The number of benzene rings is 2. The van der Waals surface area contributed by atoms with Crippen LogP contribution in [0.15, 0.2) is 48.5 Å². The Bertz CT molecular complexity index is 772. The van der Waals surface area contributed by atoms with Crippen molar-refractivity contribution in [2.24, 2.45) is 5.41 Å². The zero-order valence-electron chi connectivity index (χ0n) is 14.4. The average molecular weight is 347 g/mol. The standard InChI is InChI=1S/C19H19NO4.Na/c1-13-11-15(24-14-5-3-2-4-6-14)7-8-16(13)20-17(21)12-19(9-10-19)18(22)23;/h2-8,11H,9-10,12H2,1H3,(H,20,21)(H,22,23);/q;+1/p-1. The normalized spacial score (nSPS) is 14.1. The summed E-state index contributed by atoms with van der Waals surface area (Å²) >= 11 is 0. The number of carboxylic acid groups (broad SMARTS) is 1. The van der Waals surface area contributed by atoms with E-state index < -0.39 is 11.4 Å². The van der Waals surface area contributed by atoms with Crippen molar-refractivity contribution in [3.05, 3.63) is 54.1 Å². The Morgan fingerprint density at radius 1 is 1.12 bits per heavy atom. The van der Waals surface area contributed by atoms with Crippen LogP contribution in [0.4, 0.5) is 5.69 Å². The second-order valence-electron chi connectivity index (χ2n) is 6.18. The molecule has 0 atom stereocenters. The molecule has 6 heteroatoms. The molecular weight excluding hydrogens is 329 g/mol. The minimum atomic E-state index is -1.14. The number of para-hydroxylation sites is 1. The quantitative estimate of drug-likeness (QED) is 0.725. The number of carbonyl (C=O) groups excluding carboxylic acids is 2. The molecule has 2 aromatic rings. The summed E-state index contributed by atoms with van der Waals surface area (Å²) in [5.74, 6) is -0.0408. The van der Waals surface area contributed by atoms with Crippen LogP contribution >= 0.6 is 0 Å². The van der Waals surface area contributed by atoms with Crippen LogP contribution in [0.3, 0.4) is 0 Å². The molecule has 1 amide bonds. The summed E-state index contributed by atoms with van der Waals surface area (Å²) in [6, 6.07) is 14.8. The Morgan fingerprint density at radius 2 is 1.80 bits per heavy atom. The number of rotatable bonds is 6. The third-order valence-electron chi connectivity index (χ3n) is 4.24. The second kappa shape index (κ2) is 8.04. The van der Waals surface area contributed by atoms with Gasteiger partial charge >= 0.3 is 29.6 Å². The number of anilines is 1. The summed E-state index contributed by atoms with van der Waals surface area (Å²) in [6.07, 6.45) is 0.966. The van der Waals surface area contributed by atoms with E-state index in [4.69, 9.17) is 4.74 Å². The zero-order chi connectivity index (χ0) is 17.2. The molecule has 0 bridgehead atoms.